The van der Waals surface area contributed by atoms with E-state index in [9.17, 15) is 0 Å². The summed E-state index contributed by atoms with van der Waals surface area (Å²) in [5.41, 5.74) is 0.705. The summed E-state index contributed by atoms with van der Waals surface area (Å²) in [6.07, 6.45) is 0. The molecule has 1 aromatic rings. The van der Waals surface area contributed by atoms with Crippen LogP contribution in [0.4, 0.5) is 0 Å². The van der Waals surface area contributed by atoms with Crippen LogP contribution >= 0.6 is 27.5 Å². The van der Waals surface area contributed by atoms with E-state index in [-0.39, 0.29) is 5.75 Å². The molecule has 0 fully saturated rings. The molecule has 0 atom stereocenters. The predicted octanol–water partition coefficient (Wildman–Crippen LogP) is 4.14. The molecule has 0 aliphatic heterocycles. The lowest BCUT2D eigenvalue weighted by molar-refractivity contribution is 0.471. The molecule has 0 aliphatic carbocycles. The van der Waals surface area contributed by atoms with Gasteiger partial charge >= 0.3 is 0 Å². The molecule has 0 aliphatic rings. The highest BCUT2D eigenvalue weighted by Crippen LogP contribution is 2.31. The van der Waals surface area contributed by atoms with Crippen molar-refractivity contribution < 1.29 is 5.11 Å². The van der Waals surface area contributed by atoms with E-state index in [0.29, 0.717) is 10.6 Å². The van der Waals surface area contributed by atoms with Crippen molar-refractivity contribution in [1.29, 1.82) is 0 Å². The molecule has 3 heteroatoms. The number of halogens is 2. The first-order chi connectivity index (χ1) is 5.63. The molecule has 68 valence electrons. The van der Waals surface area contributed by atoms with E-state index in [1.54, 1.807) is 19.1 Å². The van der Waals surface area contributed by atoms with Crippen molar-refractivity contribution in [2.24, 2.45) is 0 Å². The van der Waals surface area contributed by atoms with Crippen LogP contribution in [0.3, 0.4) is 0 Å². The Morgan fingerprint density at radius 2 is 1.83 bits per heavy atom. The van der Waals surface area contributed by atoms with Gasteiger partial charge in [0.05, 0.1) is 5.02 Å². The molecule has 0 saturated carbocycles. The predicted molar refractivity (Wildman–Crippen MR) is 56.9 cm³/mol. The Morgan fingerprint density at radius 1 is 1.33 bits per heavy atom. The zero-order valence-corrected chi connectivity index (χ0v) is 9.70. The Bertz CT molecular complexity index is 234. The van der Waals surface area contributed by atoms with Gasteiger partial charge in [0.1, 0.15) is 5.75 Å². The van der Waals surface area contributed by atoms with Gasteiger partial charge in [-0.1, -0.05) is 25.4 Å². The summed E-state index contributed by atoms with van der Waals surface area (Å²) in [7, 11) is 0. The minimum atomic E-state index is 0.230. The van der Waals surface area contributed by atoms with Crippen LogP contribution in [0.25, 0.3) is 0 Å². The Balaban J connectivity index is 0.000000561. The van der Waals surface area contributed by atoms with Crippen molar-refractivity contribution in [3.63, 3.8) is 0 Å². The van der Waals surface area contributed by atoms with E-state index in [0.717, 1.165) is 4.47 Å². The van der Waals surface area contributed by atoms with E-state index in [4.69, 9.17) is 16.7 Å². The minimum absolute atomic E-state index is 0.230. The average molecular weight is 252 g/mol. The topological polar surface area (TPSA) is 20.2 Å². The molecule has 0 aromatic heterocycles. The van der Waals surface area contributed by atoms with Gasteiger partial charge in [0.15, 0.2) is 0 Å². The summed E-state index contributed by atoms with van der Waals surface area (Å²) >= 11 is 9.01. The average Bonchev–Trinajstić information content (AvgIpc) is 2.12. The quantitative estimate of drug-likeness (QED) is 0.735. The van der Waals surface area contributed by atoms with Gasteiger partial charge in [-0.05, 0) is 35.0 Å². The molecule has 1 nitrogen and oxygen atoms in total. The summed E-state index contributed by atoms with van der Waals surface area (Å²) in [6.45, 7) is 5.77. The Kier molecular flexibility index (Phi) is 5.34. The number of rotatable bonds is 0. The van der Waals surface area contributed by atoms with Crippen LogP contribution in [0.5, 0.6) is 5.75 Å². The van der Waals surface area contributed by atoms with E-state index in [1.165, 1.54) is 0 Å². The first-order valence-electron chi connectivity index (χ1n) is 3.76. The minimum Gasteiger partial charge on any atom is -0.508 e. The summed E-state index contributed by atoms with van der Waals surface area (Å²) in [4.78, 5) is 0. The third kappa shape index (κ3) is 2.68. The number of hydrogen-bond donors (Lipinski definition) is 1. The molecule has 0 unspecified atom stereocenters. The van der Waals surface area contributed by atoms with Crippen LogP contribution in [-0.2, 0) is 0 Å². The molecule has 12 heavy (non-hydrogen) atoms. The second kappa shape index (κ2) is 5.44. The van der Waals surface area contributed by atoms with Gasteiger partial charge in [0.25, 0.3) is 0 Å². The van der Waals surface area contributed by atoms with Crippen LogP contribution < -0.4 is 0 Å². The Hall–Kier alpha value is -0.210. The zero-order valence-electron chi connectivity index (χ0n) is 7.36. The van der Waals surface area contributed by atoms with E-state index < -0.39 is 0 Å². The Labute approximate surface area is 86.5 Å². The van der Waals surface area contributed by atoms with Gasteiger partial charge in [-0.25, -0.2) is 0 Å². The second-order valence-electron chi connectivity index (χ2n) is 2.01. The van der Waals surface area contributed by atoms with E-state index in [1.807, 2.05) is 13.8 Å². The van der Waals surface area contributed by atoms with Crippen molar-refractivity contribution in [2.45, 2.75) is 20.8 Å². The summed E-state index contributed by atoms with van der Waals surface area (Å²) < 4.78 is 0.810. The maximum absolute atomic E-state index is 9.12. The lowest BCUT2D eigenvalue weighted by atomic mass is 10.2. The SMILES string of the molecule is CC.Cc1c(O)ccc(Br)c1Cl. The van der Waals surface area contributed by atoms with Crippen molar-refractivity contribution in [3.05, 3.63) is 27.2 Å². The maximum Gasteiger partial charge on any atom is 0.120 e. The number of phenolic OH excluding ortho intramolecular Hbond substituents is 1. The normalized spacial score (nSPS) is 8.75. The standard InChI is InChI=1S/C7H6BrClO.C2H6/c1-4-6(10)3-2-5(8)7(4)9;1-2/h2-3,10H,1H3;1-2H3. The molecular formula is C9H12BrClO. The van der Waals surface area contributed by atoms with E-state index >= 15 is 0 Å². The summed E-state index contributed by atoms with van der Waals surface area (Å²) in [5.74, 6) is 0.230. The molecule has 0 bridgehead atoms. The highest BCUT2D eigenvalue weighted by molar-refractivity contribution is 9.10. The van der Waals surface area contributed by atoms with Crippen molar-refractivity contribution in [2.75, 3.05) is 0 Å². The molecule has 1 aromatic carbocycles. The third-order valence-electron chi connectivity index (χ3n) is 1.31. The fraction of sp³-hybridized carbons (Fsp3) is 0.333. The molecule has 0 radical (unpaired) electrons. The van der Waals surface area contributed by atoms with Crippen LogP contribution in [0, 0.1) is 6.92 Å². The first-order valence-corrected chi connectivity index (χ1v) is 4.93. The lowest BCUT2D eigenvalue weighted by Crippen LogP contribution is -1.77. The Morgan fingerprint density at radius 3 is 2.25 bits per heavy atom. The smallest absolute Gasteiger partial charge is 0.120 e. The fourth-order valence-corrected chi connectivity index (χ4v) is 1.23. The summed E-state index contributed by atoms with van der Waals surface area (Å²) in [6, 6.07) is 3.32. The molecule has 0 spiro atoms. The van der Waals surface area contributed by atoms with Crippen molar-refractivity contribution >= 4 is 27.5 Å². The van der Waals surface area contributed by atoms with Gasteiger partial charge < -0.3 is 5.11 Å². The molecule has 1 rings (SSSR count). The van der Waals surface area contributed by atoms with Crippen LogP contribution in [-0.4, -0.2) is 5.11 Å². The molecule has 0 saturated heterocycles. The molecule has 1 N–H and O–H groups in total. The van der Waals surface area contributed by atoms with Gasteiger partial charge in [0, 0.05) is 10.0 Å². The molecule has 0 amide bonds. The highest BCUT2D eigenvalue weighted by atomic mass is 79.9. The molecule has 0 heterocycles. The van der Waals surface area contributed by atoms with Crippen LogP contribution in [0.15, 0.2) is 16.6 Å². The summed E-state index contributed by atoms with van der Waals surface area (Å²) in [5, 5.41) is 9.69. The van der Waals surface area contributed by atoms with Crippen LogP contribution in [0.1, 0.15) is 19.4 Å². The number of aromatic hydroxyl groups is 1. The fourth-order valence-electron chi connectivity index (χ4n) is 0.642. The van der Waals surface area contributed by atoms with Crippen molar-refractivity contribution in [1.82, 2.24) is 0 Å². The van der Waals surface area contributed by atoms with Gasteiger partial charge in [-0.15, -0.1) is 0 Å². The number of phenols is 1. The number of hydrogen-bond acceptors (Lipinski definition) is 1. The van der Waals surface area contributed by atoms with E-state index in [2.05, 4.69) is 15.9 Å². The van der Waals surface area contributed by atoms with Gasteiger partial charge in [-0.2, -0.15) is 0 Å². The highest BCUT2D eigenvalue weighted by Gasteiger charge is 2.03. The van der Waals surface area contributed by atoms with Gasteiger partial charge in [0.2, 0.25) is 0 Å². The monoisotopic (exact) mass is 250 g/mol. The van der Waals surface area contributed by atoms with Crippen molar-refractivity contribution in [3.8, 4) is 5.75 Å². The number of benzene rings is 1. The lowest BCUT2D eigenvalue weighted by Gasteiger charge is -2.01. The maximum atomic E-state index is 9.12. The zero-order chi connectivity index (χ0) is 9.72. The third-order valence-corrected chi connectivity index (χ3v) is 2.69. The second-order valence-corrected chi connectivity index (χ2v) is 3.24. The first kappa shape index (κ1) is 11.8. The molecular weight excluding hydrogens is 239 g/mol. The van der Waals surface area contributed by atoms with Gasteiger partial charge in [-0.3, -0.25) is 0 Å². The largest absolute Gasteiger partial charge is 0.508 e. The van der Waals surface area contributed by atoms with Crippen LogP contribution in [0.2, 0.25) is 5.02 Å².